The number of aryl methyl sites for hydroxylation is 1. The molecule has 1 heterocycles. The number of hydrogen-bond donors (Lipinski definition) is 1. The average molecular weight is 374 g/mol. The topological polar surface area (TPSA) is 49.4 Å². The maximum Gasteiger partial charge on any atom is 0.251 e. The van der Waals surface area contributed by atoms with Crippen LogP contribution in [0.2, 0.25) is 0 Å². The quantitative estimate of drug-likeness (QED) is 0.796. The summed E-state index contributed by atoms with van der Waals surface area (Å²) in [6, 6.07) is 17.9. The molecule has 1 saturated carbocycles. The minimum atomic E-state index is -0.969. The summed E-state index contributed by atoms with van der Waals surface area (Å²) in [6.45, 7) is 1.99. The number of anilines is 1. The molecule has 2 aromatic carbocycles. The van der Waals surface area contributed by atoms with Gasteiger partial charge >= 0.3 is 0 Å². The van der Waals surface area contributed by atoms with Crippen LogP contribution in [0.5, 0.6) is 0 Å². The van der Waals surface area contributed by atoms with Crippen molar-refractivity contribution in [3.05, 3.63) is 71.8 Å². The number of nitrogens with zero attached hydrogens (tertiary/aromatic N) is 1. The molecule has 28 heavy (non-hydrogen) atoms. The third-order valence-electron chi connectivity index (χ3n) is 5.76. The lowest BCUT2D eigenvalue weighted by Gasteiger charge is -2.49. The van der Waals surface area contributed by atoms with Crippen LogP contribution in [-0.2, 0) is 9.59 Å². The van der Waals surface area contributed by atoms with E-state index in [9.17, 15) is 9.59 Å². The van der Waals surface area contributed by atoms with Crippen LogP contribution in [0.3, 0.4) is 0 Å². The second kappa shape index (κ2) is 7.63. The lowest BCUT2D eigenvalue weighted by Crippen LogP contribution is -2.70. The van der Waals surface area contributed by atoms with Crippen molar-refractivity contribution in [2.24, 2.45) is 0 Å². The highest BCUT2D eigenvalue weighted by Crippen LogP contribution is 2.39. The first-order valence-electron chi connectivity index (χ1n) is 10.0. The molecule has 1 atom stereocenters. The molecule has 0 aromatic heterocycles. The second-order valence-corrected chi connectivity index (χ2v) is 7.87. The van der Waals surface area contributed by atoms with Crippen LogP contribution in [-0.4, -0.2) is 23.4 Å². The van der Waals surface area contributed by atoms with Crippen LogP contribution in [0.1, 0.15) is 43.2 Å². The molecule has 2 aromatic rings. The van der Waals surface area contributed by atoms with Crippen LogP contribution >= 0.6 is 0 Å². The fourth-order valence-electron chi connectivity index (χ4n) is 4.23. The van der Waals surface area contributed by atoms with Gasteiger partial charge in [-0.2, -0.15) is 0 Å². The number of carbonyl (C=O) groups excluding carboxylic acids is 2. The molecule has 2 fully saturated rings. The predicted octanol–water partition coefficient (Wildman–Crippen LogP) is 4.24. The Morgan fingerprint density at radius 2 is 1.86 bits per heavy atom. The van der Waals surface area contributed by atoms with Gasteiger partial charge in [0.25, 0.3) is 5.91 Å². The summed E-state index contributed by atoms with van der Waals surface area (Å²) < 4.78 is 0. The molecular formula is C24H26N2O2. The maximum absolute atomic E-state index is 13.4. The zero-order chi connectivity index (χ0) is 19.6. The highest BCUT2D eigenvalue weighted by molar-refractivity contribution is 6.15. The predicted molar refractivity (Wildman–Crippen MR) is 112 cm³/mol. The second-order valence-electron chi connectivity index (χ2n) is 7.87. The highest BCUT2D eigenvalue weighted by atomic mass is 16.2. The zero-order valence-corrected chi connectivity index (χ0v) is 16.2. The molecule has 2 amide bonds. The first-order valence-corrected chi connectivity index (χ1v) is 10.0. The lowest BCUT2D eigenvalue weighted by molar-refractivity contribution is -0.137. The molecule has 4 heteroatoms. The average Bonchev–Trinajstić information content (AvgIpc) is 3.18. The van der Waals surface area contributed by atoms with Crippen molar-refractivity contribution in [2.75, 3.05) is 4.90 Å². The SMILES string of the molecule is Cc1cccc(N2C(=O)C[C@]2(/C=C/c2ccccc2)C(=O)NC2CCCC2)c1. The maximum atomic E-state index is 13.4. The molecule has 1 aliphatic carbocycles. The number of β-lactam (4-membered cyclic amide) rings is 1. The number of benzene rings is 2. The fourth-order valence-corrected chi connectivity index (χ4v) is 4.23. The largest absolute Gasteiger partial charge is 0.351 e. The van der Waals surface area contributed by atoms with Gasteiger partial charge in [0.2, 0.25) is 5.91 Å². The van der Waals surface area contributed by atoms with E-state index in [1.165, 1.54) is 0 Å². The smallest absolute Gasteiger partial charge is 0.251 e. The Kier molecular flexibility index (Phi) is 5.03. The van der Waals surface area contributed by atoms with E-state index in [0.717, 1.165) is 42.5 Å². The van der Waals surface area contributed by atoms with Crippen molar-refractivity contribution in [1.82, 2.24) is 5.32 Å². The van der Waals surface area contributed by atoms with Gasteiger partial charge in [-0.25, -0.2) is 0 Å². The number of nitrogens with one attached hydrogen (secondary N) is 1. The van der Waals surface area contributed by atoms with Gasteiger partial charge in [-0.1, -0.05) is 61.4 Å². The zero-order valence-electron chi connectivity index (χ0n) is 16.2. The highest BCUT2D eigenvalue weighted by Gasteiger charge is 2.56. The molecule has 2 aliphatic rings. The van der Waals surface area contributed by atoms with Gasteiger partial charge in [-0.05, 0) is 49.1 Å². The summed E-state index contributed by atoms with van der Waals surface area (Å²) in [5.41, 5.74) is 1.88. The molecule has 4 nitrogen and oxygen atoms in total. The molecule has 4 rings (SSSR count). The molecule has 1 aliphatic heterocycles. The molecular weight excluding hydrogens is 348 g/mol. The molecule has 1 saturated heterocycles. The standard InChI is InChI=1S/C24H26N2O2/c1-18-8-7-13-21(16-18)26-22(27)17-24(26,15-14-19-9-3-2-4-10-19)23(28)25-20-11-5-6-12-20/h2-4,7-10,13-16,20H,5-6,11-12,17H2,1H3,(H,25,28)/b15-14+/t24-/m1/s1. The lowest BCUT2D eigenvalue weighted by atomic mass is 9.80. The van der Waals surface area contributed by atoms with E-state index in [4.69, 9.17) is 0 Å². The van der Waals surface area contributed by atoms with Gasteiger partial charge in [0.1, 0.15) is 0 Å². The molecule has 0 spiro atoms. The Morgan fingerprint density at radius 1 is 1.11 bits per heavy atom. The minimum Gasteiger partial charge on any atom is -0.351 e. The molecule has 0 radical (unpaired) electrons. The summed E-state index contributed by atoms with van der Waals surface area (Å²) in [4.78, 5) is 27.7. The molecule has 0 unspecified atom stereocenters. The van der Waals surface area contributed by atoms with Crippen LogP contribution in [0, 0.1) is 6.92 Å². The van der Waals surface area contributed by atoms with Crippen LogP contribution in [0.25, 0.3) is 6.08 Å². The Hall–Kier alpha value is -2.88. The Bertz CT molecular complexity index is 900. The van der Waals surface area contributed by atoms with E-state index in [2.05, 4.69) is 5.32 Å². The molecule has 0 bridgehead atoms. The van der Waals surface area contributed by atoms with Crippen molar-refractivity contribution in [1.29, 1.82) is 0 Å². The Morgan fingerprint density at radius 3 is 2.54 bits per heavy atom. The number of carbonyl (C=O) groups is 2. The fraction of sp³-hybridized carbons (Fsp3) is 0.333. The van der Waals surface area contributed by atoms with Gasteiger partial charge < -0.3 is 5.32 Å². The first-order chi connectivity index (χ1) is 13.6. The van der Waals surface area contributed by atoms with E-state index < -0.39 is 5.54 Å². The van der Waals surface area contributed by atoms with Gasteiger partial charge in [0, 0.05) is 11.7 Å². The van der Waals surface area contributed by atoms with Gasteiger partial charge in [-0.15, -0.1) is 0 Å². The Balaban J connectivity index is 1.69. The third-order valence-corrected chi connectivity index (χ3v) is 5.76. The van der Waals surface area contributed by atoms with Gasteiger partial charge in [-0.3, -0.25) is 14.5 Å². The van der Waals surface area contributed by atoms with Crippen molar-refractivity contribution in [3.8, 4) is 0 Å². The van der Waals surface area contributed by atoms with Crippen molar-refractivity contribution >= 4 is 23.6 Å². The minimum absolute atomic E-state index is 0.0233. The summed E-state index contributed by atoms with van der Waals surface area (Å²) in [5.74, 6) is -0.0995. The van der Waals surface area contributed by atoms with E-state index in [-0.39, 0.29) is 24.3 Å². The normalized spacial score (nSPS) is 22.5. The number of amides is 2. The summed E-state index contributed by atoms with van der Waals surface area (Å²) in [6.07, 6.45) is 8.38. The molecule has 144 valence electrons. The number of hydrogen-bond acceptors (Lipinski definition) is 2. The van der Waals surface area contributed by atoms with E-state index >= 15 is 0 Å². The van der Waals surface area contributed by atoms with Crippen molar-refractivity contribution in [2.45, 2.75) is 50.6 Å². The van der Waals surface area contributed by atoms with Crippen LogP contribution in [0.4, 0.5) is 5.69 Å². The number of rotatable bonds is 5. The third kappa shape index (κ3) is 3.47. The summed E-state index contributed by atoms with van der Waals surface area (Å²) >= 11 is 0. The van der Waals surface area contributed by atoms with Crippen molar-refractivity contribution in [3.63, 3.8) is 0 Å². The first kappa shape index (κ1) is 18.5. The van der Waals surface area contributed by atoms with Crippen LogP contribution in [0.15, 0.2) is 60.7 Å². The van der Waals surface area contributed by atoms with Gasteiger partial charge in [0.15, 0.2) is 5.54 Å². The summed E-state index contributed by atoms with van der Waals surface area (Å²) in [7, 11) is 0. The van der Waals surface area contributed by atoms with Gasteiger partial charge in [0.05, 0.1) is 6.42 Å². The van der Waals surface area contributed by atoms with E-state index in [1.807, 2.05) is 73.7 Å². The van der Waals surface area contributed by atoms with Crippen LogP contribution < -0.4 is 10.2 Å². The molecule has 1 N–H and O–H groups in total. The monoisotopic (exact) mass is 374 g/mol. The Labute approximate surface area is 166 Å². The van der Waals surface area contributed by atoms with E-state index in [1.54, 1.807) is 4.90 Å². The summed E-state index contributed by atoms with van der Waals surface area (Å²) in [5, 5.41) is 3.21. The van der Waals surface area contributed by atoms with Crippen molar-refractivity contribution < 1.29 is 9.59 Å². The van der Waals surface area contributed by atoms with E-state index in [0.29, 0.717) is 0 Å².